The number of likely N-dealkylation sites (tertiary alicyclic amines) is 1. The molecule has 7 heteroatoms. The lowest BCUT2D eigenvalue weighted by atomic mass is 10.1. The molecule has 0 aromatic heterocycles. The van der Waals surface area contributed by atoms with E-state index < -0.39 is 5.97 Å². The molecule has 1 atom stereocenters. The summed E-state index contributed by atoms with van der Waals surface area (Å²) < 4.78 is 0. The molecular weight excluding hydrogens is 278 g/mol. The number of nitrogens with one attached hydrogen (secondary N) is 1. The van der Waals surface area contributed by atoms with Crippen LogP contribution in [0.15, 0.2) is 0 Å². The highest BCUT2D eigenvalue weighted by atomic mass is 32.2. The van der Waals surface area contributed by atoms with E-state index >= 15 is 0 Å². The summed E-state index contributed by atoms with van der Waals surface area (Å²) in [6.07, 6.45) is 0.957. The summed E-state index contributed by atoms with van der Waals surface area (Å²) in [4.78, 5) is 26.7. The fraction of sp³-hybridized carbons (Fsp3) is 0.846. The van der Waals surface area contributed by atoms with Crippen LogP contribution in [0.1, 0.15) is 12.8 Å². The van der Waals surface area contributed by atoms with Crippen LogP contribution in [0.4, 0.5) is 4.79 Å². The van der Waals surface area contributed by atoms with Crippen LogP contribution in [0.25, 0.3) is 0 Å². The number of carboxylic acid groups (broad SMARTS) is 1. The second-order valence-electron chi connectivity index (χ2n) is 5.38. The molecule has 2 heterocycles. The average molecular weight is 301 g/mol. The molecule has 0 aromatic rings. The maximum atomic E-state index is 12.0. The number of carbonyl (C=O) groups is 2. The van der Waals surface area contributed by atoms with Gasteiger partial charge in [-0.1, -0.05) is 0 Å². The summed E-state index contributed by atoms with van der Waals surface area (Å²) >= 11 is 1.98. The Morgan fingerprint density at radius 2 is 2.00 bits per heavy atom. The lowest BCUT2D eigenvalue weighted by Crippen LogP contribution is -2.43. The standard InChI is InChI=1S/C13H23N3O3S/c17-12(18)9-11-1-3-16(10-11)13(19)14-2-4-15-5-7-20-8-6-15/h11H,1-10H2,(H,14,19)(H,17,18). The second-order valence-corrected chi connectivity index (χ2v) is 6.61. The zero-order valence-corrected chi connectivity index (χ0v) is 12.5. The van der Waals surface area contributed by atoms with Crippen LogP contribution in [0.3, 0.4) is 0 Å². The molecule has 1 unspecified atom stereocenters. The minimum Gasteiger partial charge on any atom is -0.481 e. The number of hydrogen-bond acceptors (Lipinski definition) is 4. The molecular formula is C13H23N3O3S. The topological polar surface area (TPSA) is 72.9 Å². The van der Waals surface area contributed by atoms with Crippen molar-refractivity contribution < 1.29 is 14.7 Å². The monoisotopic (exact) mass is 301 g/mol. The number of carboxylic acids is 1. The van der Waals surface area contributed by atoms with Crippen molar-refractivity contribution in [3.63, 3.8) is 0 Å². The average Bonchev–Trinajstić information content (AvgIpc) is 2.87. The lowest BCUT2D eigenvalue weighted by molar-refractivity contribution is -0.138. The van der Waals surface area contributed by atoms with Gasteiger partial charge in [0.1, 0.15) is 0 Å². The van der Waals surface area contributed by atoms with Gasteiger partial charge in [0.2, 0.25) is 0 Å². The summed E-state index contributed by atoms with van der Waals surface area (Å²) in [5, 5.41) is 11.7. The van der Waals surface area contributed by atoms with Crippen molar-refractivity contribution in [1.82, 2.24) is 15.1 Å². The molecule has 2 N–H and O–H groups in total. The number of nitrogens with zero attached hydrogens (tertiary/aromatic N) is 2. The van der Waals surface area contributed by atoms with E-state index in [1.807, 2.05) is 11.8 Å². The largest absolute Gasteiger partial charge is 0.481 e. The van der Waals surface area contributed by atoms with Crippen LogP contribution in [0.5, 0.6) is 0 Å². The highest BCUT2D eigenvalue weighted by molar-refractivity contribution is 7.99. The summed E-state index contributed by atoms with van der Waals surface area (Å²) in [5.74, 6) is 1.69. The molecule has 0 saturated carbocycles. The highest BCUT2D eigenvalue weighted by Crippen LogP contribution is 2.19. The molecule has 2 aliphatic heterocycles. The zero-order chi connectivity index (χ0) is 14.4. The number of aliphatic carboxylic acids is 1. The normalized spacial score (nSPS) is 23.8. The van der Waals surface area contributed by atoms with Gasteiger partial charge in [0.05, 0.1) is 0 Å². The van der Waals surface area contributed by atoms with E-state index in [2.05, 4.69) is 10.2 Å². The van der Waals surface area contributed by atoms with Crippen molar-refractivity contribution in [3.05, 3.63) is 0 Å². The van der Waals surface area contributed by atoms with E-state index in [0.29, 0.717) is 19.6 Å². The number of hydrogen-bond donors (Lipinski definition) is 2. The first-order valence-electron chi connectivity index (χ1n) is 7.20. The maximum Gasteiger partial charge on any atom is 0.317 e. The number of carbonyl (C=O) groups excluding carboxylic acids is 1. The van der Waals surface area contributed by atoms with E-state index in [4.69, 9.17) is 5.11 Å². The minimum absolute atomic E-state index is 0.0516. The number of amides is 2. The van der Waals surface area contributed by atoms with Gasteiger partial charge >= 0.3 is 12.0 Å². The van der Waals surface area contributed by atoms with Crippen molar-refractivity contribution in [2.75, 3.05) is 50.8 Å². The van der Waals surface area contributed by atoms with Crippen LogP contribution < -0.4 is 5.32 Å². The Bertz CT molecular complexity index is 348. The second kappa shape index (κ2) is 7.73. The Labute approximate surface area is 123 Å². The molecule has 0 bridgehead atoms. The Morgan fingerprint density at radius 3 is 2.70 bits per heavy atom. The summed E-state index contributed by atoms with van der Waals surface area (Å²) in [6, 6.07) is -0.0516. The maximum absolute atomic E-state index is 12.0. The van der Waals surface area contributed by atoms with E-state index in [0.717, 1.165) is 26.1 Å². The first kappa shape index (κ1) is 15.4. The summed E-state index contributed by atoms with van der Waals surface area (Å²) in [5.41, 5.74) is 0. The number of rotatable bonds is 5. The van der Waals surface area contributed by atoms with E-state index in [9.17, 15) is 9.59 Å². The first-order valence-corrected chi connectivity index (χ1v) is 8.35. The molecule has 20 heavy (non-hydrogen) atoms. The van der Waals surface area contributed by atoms with Crippen LogP contribution in [-0.4, -0.2) is 77.7 Å². The van der Waals surface area contributed by atoms with Gasteiger partial charge in [-0.15, -0.1) is 0 Å². The van der Waals surface area contributed by atoms with Gasteiger partial charge in [0, 0.05) is 57.2 Å². The van der Waals surface area contributed by atoms with E-state index in [1.54, 1.807) is 4.90 Å². The predicted octanol–water partition coefficient (Wildman–Crippen LogP) is 0.541. The smallest absolute Gasteiger partial charge is 0.317 e. The summed E-state index contributed by atoms with van der Waals surface area (Å²) in [7, 11) is 0. The number of urea groups is 1. The molecule has 0 spiro atoms. The van der Waals surface area contributed by atoms with E-state index in [-0.39, 0.29) is 18.4 Å². The molecule has 2 amide bonds. The fourth-order valence-electron chi connectivity index (χ4n) is 2.69. The first-order chi connectivity index (χ1) is 9.65. The zero-order valence-electron chi connectivity index (χ0n) is 11.7. The molecule has 6 nitrogen and oxygen atoms in total. The van der Waals surface area contributed by atoms with Gasteiger partial charge in [-0.2, -0.15) is 11.8 Å². The van der Waals surface area contributed by atoms with Gasteiger partial charge in [0.15, 0.2) is 0 Å². The van der Waals surface area contributed by atoms with Crippen molar-refractivity contribution >= 4 is 23.8 Å². The van der Waals surface area contributed by atoms with Crippen molar-refractivity contribution in [1.29, 1.82) is 0 Å². The van der Waals surface area contributed by atoms with Crippen molar-refractivity contribution in [3.8, 4) is 0 Å². The van der Waals surface area contributed by atoms with Crippen LogP contribution >= 0.6 is 11.8 Å². The highest BCUT2D eigenvalue weighted by Gasteiger charge is 2.27. The Hall–Kier alpha value is -0.950. The van der Waals surface area contributed by atoms with Gasteiger partial charge in [-0.3, -0.25) is 9.69 Å². The van der Waals surface area contributed by atoms with Gasteiger partial charge in [-0.25, -0.2) is 4.79 Å². The van der Waals surface area contributed by atoms with Crippen LogP contribution in [-0.2, 0) is 4.79 Å². The molecule has 2 fully saturated rings. The summed E-state index contributed by atoms with van der Waals surface area (Å²) in [6.45, 7) is 5.01. The van der Waals surface area contributed by atoms with Gasteiger partial charge in [0.25, 0.3) is 0 Å². The third-order valence-electron chi connectivity index (χ3n) is 3.84. The molecule has 0 radical (unpaired) electrons. The molecule has 114 valence electrons. The van der Waals surface area contributed by atoms with Crippen molar-refractivity contribution in [2.24, 2.45) is 5.92 Å². The van der Waals surface area contributed by atoms with Crippen LogP contribution in [0, 0.1) is 5.92 Å². The molecule has 2 aliphatic rings. The third-order valence-corrected chi connectivity index (χ3v) is 4.79. The van der Waals surface area contributed by atoms with E-state index in [1.165, 1.54) is 11.5 Å². The predicted molar refractivity (Wildman–Crippen MR) is 79.1 cm³/mol. The SMILES string of the molecule is O=C(O)CC1CCN(C(=O)NCCN2CCSCC2)C1. The third kappa shape index (κ3) is 4.86. The molecule has 2 saturated heterocycles. The number of thioether (sulfide) groups is 1. The molecule has 0 aromatic carbocycles. The van der Waals surface area contributed by atoms with Gasteiger partial charge in [-0.05, 0) is 12.3 Å². The molecule has 2 rings (SSSR count). The fourth-order valence-corrected chi connectivity index (χ4v) is 3.67. The quantitative estimate of drug-likeness (QED) is 0.775. The minimum atomic E-state index is -0.778. The van der Waals surface area contributed by atoms with Crippen LogP contribution in [0.2, 0.25) is 0 Å². The van der Waals surface area contributed by atoms with Crippen molar-refractivity contribution in [2.45, 2.75) is 12.8 Å². The molecule has 0 aliphatic carbocycles. The van der Waals surface area contributed by atoms with Gasteiger partial charge < -0.3 is 15.3 Å². The Morgan fingerprint density at radius 1 is 1.25 bits per heavy atom. The Kier molecular flexibility index (Phi) is 5.97. The lowest BCUT2D eigenvalue weighted by Gasteiger charge is -2.26. The Balaban J connectivity index is 1.61.